The number of aryl methyl sites for hydroxylation is 1. The average molecular weight is 372 g/mol. The number of piperidine rings is 1. The number of amides is 1. The lowest BCUT2D eigenvalue weighted by atomic mass is 9.83. The first-order valence-corrected chi connectivity index (χ1v) is 9.54. The van der Waals surface area contributed by atoms with Crippen molar-refractivity contribution in [1.82, 2.24) is 20.9 Å². The monoisotopic (exact) mass is 372 g/mol. The van der Waals surface area contributed by atoms with Crippen LogP contribution in [-0.4, -0.2) is 41.6 Å². The summed E-state index contributed by atoms with van der Waals surface area (Å²) in [4.78, 5) is 14.7. The van der Waals surface area contributed by atoms with Crippen LogP contribution in [-0.2, 0) is 11.2 Å². The van der Waals surface area contributed by atoms with Gasteiger partial charge in [0.2, 0.25) is 5.91 Å². The van der Waals surface area contributed by atoms with E-state index >= 15 is 0 Å². The van der Waals surface area contributed by atoms with Crippen molar-refractivity contribution in [2.45, 2.75) is 38.1 Å². The number of nitrogens with zero attached hydrogens (tertiary/aromatic N) is 2. The first-order chi connectivity index (χ1) is 13.1. The maximum Gasteiger partial charge on any atom is 0.226 e. The number of likely N-dealkylation sites (tertiary alicyclic amines) is 1. The summed E-state index contributed by atoms with van der Waals surface area (Å²) in [6.07, 6.45) is 2.37. The molecule has 1 amide bonds. The maximum absolute atomic E-state index is 13.1. The van der Waals surface area contributed by atoms with E-state index in [0.29, 0.717) is 12.3 Å². The second-order valence-electron chi connectivity index (χ2n) is 7.57. The number of rotatable bonds is 4. The van der Waals surface area contributed by atoms with Crippen LogP contribution in [0.5, 0.6) is 0 Å². The number of hydrogen-bond donors (Lipinski definition) is 2. The Morgan fingerprint density at radius 1 is 1.37 bits per heavy atom. The normalized spacial score (nSPS) is 25.7. The van der Waals surface area contributed by atoms with Gasteiger partial charge in [-0.25, -0.2) is 4.39 Å². The molecule has 2 N–H and O–H groups in total. The molecular weight excluding hydrogens is 347 g/mol. The van der Waals surface area contributed by atoms with Crippen LogP contribution in [0.25, 0.3) is 0 Å². The quantitative estimate of drug-likeness (QED) is 0.861. The highest BCUT2D eigenvalue weighted by atomic mass is 19.1. The third-order valence-corrected chi connectivity index (χ3v) is 5.62. The van der Waals surface area contributed by atoms with Gasteiger partial charge in [0.25, 0.3) is 0 Å². The highest BCUT2D eigenvalue weighted by Crippen LogP contribution is 2.32. The van der Waals surface area contributed by atoms with Crippen molar-refractivity contribution in [3.8, 4) is 0 Å². The van der Waals surface area contributed by atoms with Gasteiger partial charge < -0.3 is 9.42 Å². The molecule has 3 atom stereocenters. The SMILES string of the molecule is Cc1cc(C2CNNC2C2CCCN(C(=O)Cc3ccc(F)cc3)C2)on1. The fraction of sp³-hybridized carbons (Fsp3) is 0.500. The van der Waals surface area contributed by atoms with Gasteiger partial charge in [0.15, 0.2) is 0 Å². The van der Waals surface area contributed by atoms with E-state index in [4.69, 9.17) is 4.52 Å². The first-order valence-electron chi connectivity index (χ1n) is 9.54. The molecule has 1 aromatic carbocycles. The van der Waals surface area contributed by atoms with E-state index in [1.54, 1.807) is 12.1 Å². The average Bonchev–Trinajstić information content (AvgIpc) is 3.32. The molecule has 27 heavy (non-hydrogen) atoms. The lowest BCUT2D eigenvalue weighted by Crippen LogP contribution is -2.48. The van der Waals surface area contributed by atoms with Crippen molar-refractivity contribution in [1.29, 1.82) is 0 Å². The minimum absolute atomic E-state index is 0.101. The zero-order valence-corrected chi connectivity index (χ0v) is 15.5. The van der Waals surface area contributed by atoms with E-state index in [0.717, 1.165) is 49.5 Å². The lowest BCUT2D eigenvalue weighted by molar-refractivity contribution is -0.132. The second-order valence-corrected chi connectivity index (χ2v) is 7.57. The van der Waals surface area contributed by atoms with Crippen LogP contribution in [0.3, 0.4) is 0 Å². The summed E-state index contributed by atoms with van der Waals surface area (Å²) < 4.78 is 18.6. The summed E-state index contributed by atoms with van der Waals surface area (Å²) in [5, 5.41) is 4.02. The smallest absolute Gasteiger partial charge is 0.226 e. The van der Waals surface area contributed by atoms with Crippen molar-refractivity contribution in [3.63, 3.8) is 0 Å². The predicted molar refractivity (Wildman–Crippen MR) is 98.3 cm³/mol. The maximum atomic E-state index is 13.1. The Bertz CT molecular complexity index is 792. The molecule has 144 valence electrons. The number of nitrogens with one attached hydrogen (secondary N) is 2. The molecule has 2 aliphatic heterocycles. The Labute approximate surface area is 158 Å². The van der Waals surface area contributed by atoms with E-state index in [9.17, 15) is 9.18 Å². The van der Waals surface area contributed by atoms with Crippen molar-refractivity contribution in [2.75, 3.05) is 19.6 Å². The van der Waals surface area contributed by atoms with Crippen LogP contribution in [0.1, 0.15) is 35.8 Å². The standard InChI is InChI=1S/C20H25FN4O2/c1-13-9-18(27-24-13)17-11-22-23-20(17)15-3-2-8-25(12-15)19(26)10-14-4-6-16(21)7-5-14/h4-7,9,15,17,20,22-23H,2-3,8,10-12H2,1H3. The number of carbonyl (C=O) groups is 1. The highest BCUT2D eigenvalue weighted by molar-refractivity contribution is 5.78. The van der Waals surface area contributed by atoms with E-state index in [1.165, 1.54) is 12.1 Å². The molecule has 7 heteroatoms. The Kier molecular flexibility index (Phi) is 5.22. The number of hydrazine groups is 1. The number of aromatic nitrogens is 1. The topological polar surface area (TPSA) is 70.4 Å². The highest BCUT2D eigenvalue weighted by Gasteiger charge is 2.39. The Hall–Kier alpha value is -2.25. The fourth-order valence-corrected chi connectivity index (χ4v) is 4.21. The van der Waals surface area contributed by atoms with Gasteiger partial charge in [0.05, 0.1) is 18.0 Å². The lowest BCUT2D eigenvalue weighted by Gasteiger charge is -2.37. The van der Waals surface area contributed by atoms with E-state index in [2.05, 4.69) is 16.0 Å². The van der Waals surface area contributed by atoms with E-state index < -0.39 is 0 Å². The summed E-state index contributed by atoms with van der Waals surface area (Å²) in [7, 11) is 0. The molecule has 0 saturated carbocycles. The Balaban J connectivity index is 1.41. The zero-order valence-electron chi connectivity index (χ0n) is 15.5. The van der Waals surface area contributed by atoms with Crippen LogP contribution >= 0.6 is 0 Å². The molecule has 4 rings (SSSR count). The summed E-state index contributed by atoms with van der Waals surface area (Å²) >= 11 is 0. The fourth-order valence-electron chi connectivity index (χ4n) is 4.21. The Morgan fingerprint density at radius 3 is 2.93 bits per heavy atom. The second kappa shape index (κ2) is 7.78. The zero-order chi connectivity index (χ0) is 18.8. The third kappa shape index (κ3) is 4.04. The molecule has 1 aromatic heterocycles. The van der Waals surface area contributed by atoms with Gasteiger partial charge in [-0.3, -0.25) is 15.6 Å². The molecule has 0 radical (unpaired) electrons. The van der Waals surface area contributed by atoms with Crippen LogP contribution in [0, 0.1) is 18.7 Å². The molecule has 3 unspecified atom stereocenters. The van der Waals surface area contributed by atoms with Gasteiger partial charge in [0.1, 0.15) is 11.6 Å². The van der Waals surface area contributed by atoms with Crippen molar-refractivity contribution < 1.29 is 13.7 Å². The van der Waals surface area contributed by atoms with Gasteiger partial charge in [-0.15, -0.1) is 0 Å². The van der Waals surface area contributed by atoms with Gasteiger partial charge in [-0.2, -0.15) is 0 Å². The number of benzene rings is 1. The van der Waals surface area contributed by atoms with Crippen molar-refractivity contribution in [2.24, 2.45) is 5.92 Å². The summed E-state index contributed by atoms with van der Waals surface area (Å²) in [6.45, 7) is 4.22. The van der Waals surface area contributed by atoms with Gasteiger partial charge in [-0.05, 0) is 43.4 Å². The summed E-state index contributed by atoms with van der Waals surface area (Å²) in [6, 6.07) is 8.36. The largest absolute Gasteiger partial charge is 0.361 e. The van der Waals surface area contributed by atoms with Crippen LogP contribution < -0.4 is 10.9 Å². The molecule has 2 aromatic rings. The summed E-state index contributed by atoms with van der Waals surface area (Å²) in [5.74, 6) is 1.27. The van der Waals surface area contributed by atoms with E-state index in [1.807, 2.05) is 17.9 Å². The van der Waals surface area contributed by atoms with Gasteiger partial charge in [0, 0.05) is 31.7 Å². The van der Waals surface area contributed by atoms with Crippen molar-refractivity contribution in [3.05, 3.63) is 53.2 Å². The first kappa shape index (κ1) is 18.1. The summed E-state index contributed by atoms with van der Waals surface area (Å²) in [5.41, 5.74) is 8.35. The molecule has 2 saturated heterocycles. The Morgan fingerprint density at radius 2 is 2.19 bits per heavy atom. The van der Waals surface area contributed by atoms with Gasteiger partial charge in [-0.1, -0.05) is 17.3 Å². The predicted octanol–water partition coefficient (Wildman–Crippen LogP) is 2.16. The minimum atomic E-state index is -0.280. The van der Waals surface area contributed by atoms with Crippen LogP contribution in [0.2, 0.25) is 0 Å². The molecule has 0 bridgehead atoms. The number of halogens is 1. The van der Waals surface area contributed by atoms with E-state index in [-0.39, 0.29) is 23.7 Å². The third-order valence-electron chi connectivity index (χ3n) is 5.62. The van der Waals surface area contributed by atoms with Crippen molar-refractivity contribution >= 4 is 5.91 Å². The van der Waals surface area contributed by atoms with Crippen LogP contribution in [0.4, 0.5) is 4.39 Å². The molecule has 0 aliphatic carbocycles. The van der Waals surface area contributed by atoms with Gasteiger partial charge >= 0.3 is 0 Å². The van der Waals surface area contributed by atoms with Crippen LogP contribution in [0.15, 0.2) is 34.9 Å². The molecule has 2 fully saturated rings. The molecule has 0 spiro atoms. The number of carbonyl (C=O) groups excluding carboxylic acids is 1. The minimum Gasteiger partial charge on any atom is -0.361 e. The molecule has 2 aliphatic rings. The molecular formula is C20H25FN4O2. The molecule has 6 nitrogen and oxygen atoms in total. The number of hydrogen-bond acceptors (Lipinski definition) is 5. The molecule has 3 heterocycles.